The predicted octanol–water partition coefficient (Wildman–Crippen LogP) is 4.30. The predicted molar refractivity (Wildman–Crippen MR) is 76.0 cm³/mol. The molecule has 0 spiro atoms. The van der Waals surface area contributed by atoms with Crippen LogP contribution >= 0.6 is 39.1 Å². The Bertz CT molecular complexity index is 580. The van der Waals surface area contributed by atoms with Crippen LogP contribution in [0.15, 0.2) is 29.0 Å². The average molecular weight is 349 g/mol. The summed E-state index contributed by atoms with van der Waals surface area (Å²) in [5.41, 5.74) is 0.805. The topological polar surface area (TPSA) is 47.0 Å². The van der Waals surface area contributed by atoms with E-state index in [-0.39, 0.29) is 5.15 Å². The molecule has 4 nitrogen and oxygen atoms in total. The molecule has 2 rings (SSSR count). The molecule has 0 bridgehead atoms. The number of nitrogens with zero attached hydrogens (tertiary/aromatic N) is 2. The molecule has 0 amide bonds. The third-order valence-electron chi connectivity index (χ3n) is 2.15. The van der Waals surface area contributed by atoms with Gasteiger partial charge in [-0.25, -0.2) is 9.97 Å². The van der Waals surface area contributed by atoms with Crippen LogP contribution in [0.1, 0.15) is 0 Å². The van der Waals surface area contributed by atoms with Crippen molar-refractivity contribution in [1.82, 2.24) is 9.97 Å². The van der Waals surface area contributed by atoms with Gasteiger partial charge in [0.2, 0.25) is 0 Å². The summed E-state index contributed by atoms with van der Waals surface area (Å²) >= 11 is 15.2. The van der Waals surface area contributed by atoms with Crippen LogP contribution in [0, 0.1) is 0 Å². The molecular formula is C11H8BrCl2N3O. The molecule has 0 unspecified atom stereocenters. The quantitative estimate of drug-likeness (QED) is 0.840. The number of anilines is 2. The Kier molecular flexibility index (Phi) is 4.27. The summed E-state index contributed by atoms with van der Waals surface area (Å²) in [6.45, 7) is 0. The molecule has 1 aromatic heterocycles. The number of aromatic nitrogens is 2. The number of benzene rings is 1. The van der Waals surface area contributed by atoms with E-state index in [2.05, 4.69) is 31.2 Å². The Morgan fingerprint density at radius 2 is 2.06 bits per heavy atom. The highest BCUT2D eigenvalue weighted by atomic mass is 79.9. The van der Waals surface area contributed by atoms with Crippen molar-refractivity contribution in [2.24, 2.45) is 0 Å². The number of hydrogen-bond donors (Lipinski definition) is 1. The first-order valence-electron chi connectivity index (χ1n) is 4.88. The van der Waals surface area contributed by atoms with Crippen molar-refractivity contribution in [3.63, 3.8) is 0 Å². The molecule has 0 atom stereocenters. The van der Waals surface area contributed by atoms with Crippen molar-refractivity contribution >= 4 is 50.6 Å². The Labute approximate surface area is 122 Å². The first kappa shape index (κ1) is 13.4. The van der Waals surface area contributed by atoms with Crippen LogP contribution in [0.4, 0.5) is 11.5 Å². The lowest BCUT2D eigenvalue weighted by Gasteiger charge is -2.10. The molecule has 1 N–H and O–H groups in total. The van der Waals surface area contributed by atoms with Crippen LogP contribution in [-0.4, -0.2) is 17.1 Å². The summed E-state index contributed by atoms with van der Waals surface area (Å²) in [6, 6.07) is 5.42. The third-order valence-corrected chi connectivity index (χ3v) is 3.63. The van der Waals surface area contributed by atoms with Gasteiger partial charge in [0.1, 0.15) is 6.33 Å². The molecule has 94 valence electrons. The average Bonchev–Trinajstić information content (AvgIpc) is 2.34. The lowest BCUT2D eigenvalue weighted by Crippen LogP contribution is -1.99. The van der Waals surface area contributed by atoms with Crippen LogP contribution in [0.5, 0.6) is 5.75 Å². The molecular weight excluding hydrogens is 341 g/mol. The summed E-state index contributed by atoms with van der Waals surface area (Å²) < 4.78 is 5.93. The molecule has 0 saturated carbocycles. The number of halogens is 3. The van der Waals surface area contributed by atoms with Gasteiger partial charge >= 0.3 is 0 Å². The lowest BCUT2D eigenvalue weighted by molar-refractivity contribution is 0.413. The minimum atomic E-state index is 0.253. The molecule has 0 fully saturated rings. The molecule has 0 aliphatic carbocycles. The second-order valence-electron chi connectivity index (χ2n) is 3.30. The zero-order valence-corrected chi connectivity index (χ0v) is 12.3. The number of hydrogen-bond acceptors (Lipinski definition) is 4. The first-order valence-corrected chi connectivity index (χ1v) is 6.43. The van der Waals surface area contributed by atoms with Crippen molar-refractivity contribution in [1.29, 1.82) is 0 Å². The van der Waals surface area contributed by atoms with Gasteiger partial charge in [0.25, 0.3) is 0 Å². The van der Waals surface area contributed by atoms with E-state index in [1.165, 1.54) is 13.4 Å². The van der Waals surface area contributed by atoms with E-state index in [0.717, 1.165) is 10.2 Å². The van der Waals surface area contributed by atoms with E-state index >= 15 is 0 Å². The van der Waals surface area contributed by atoms with Gasteiger partial charge in [-0.1, -0.05) is 23.2 Å². The number of ether oxygens (including phenoxy) is 1. The zero-order valence-electron chi connectivity index (χ0n) is 9.25. The van der Waals surface area contributed by atoms with Gasteiger partial charge < -0.3 is 10.1 Å². The van der Waals surface area contributed by atoms with Crippen LogP contribution in [0.2, 0.25) is 10.2 Å². The molecule has 1 aromatic carbocycles. The molecule has 1 heterocycles. The Hall–Kier alpha value is -1.04. The zero-order chi connectivity index (χ0) is 13.1. The molecule has 0 aliphatic heterocycles. The van der Waals surface area contributed by atoms with Crippen LogP contribution in [0.25, 0.3) is 0 Å². The van der Waals surface area contributed by atoms with Gasteiger partial charge in [0.15, 0.2) is 16.7 Å². The van der Waals surface area contributed by atoms with Crippen molar-refractivity contribution in [2.45, 2.75) is 0 Å². The fraction of sp³-hybridized carbons (Fsp3) is 0.0909. The van der Waals surface area contributed by atoms with Gasteiger partial charge in [-0.2, -0.15) is 0 Å². The molecule has 18 heavy (non-hydrogen) atoms. The second kappa shape index (κ2) is 5.73. The lowest BCUT2D eigenvalue weighted by atomic mass is 10.3. The van der Waals surface area contributed by atoms with Crippen LogP contribution < -0.4 is 10.1 Å². The Morgan fingerprint density at radius 3 is 2.72 bits per heavy atom. The van der Waals surface area contributed by atoms with Gasteiger partial charge in [-0.15, -0.1) is 0 Å². The van der Waals surface area contributed by atoms with Crippen molar-refractivity contribution in [2.75, 3.05) is 12.4 Å². The van der Waals surface area contributed by atoms with E-state index < -0.39 is 0 Å². The summed E-state index contributed by atoms with van der Waals surface area (Å²) in [7, 11) is 1.51. The van der Waals surface area contributed by atoms with E-state index in [4.69, 9.17) is 27.9 Å². The standard InChI is InChI=1S/C11H8BrCl2N3O/c1-18-9-10(14)15-5-16-11(9)17-6-2-3-8(13)7(12)4-6/h2-5H,1H3,(H,15,16,17). The van der Waals surface area contributed by atoms with Crippen molar-refractivity contribution in [3.8, 4) is 5.75 Å². The molecule has 7 heteroatoms. The fourth-order valence-electron chi connectivity index (χ4n) is 1.33. The summed E-state index contributed by atoms with van der Waals surface area (Å²) in [4.78, 5) is 7.92. The maximum atomic E-state index is 5.92. The van der Waals surface area contributed by atoms with Crippen molar-refractivity contribution in [3.05, 3.63) is 39.2 Å². The van der Waals surface area contributed by atoms with Crippen LogP contribution in [0.3, 0.4) is 0 Å². The number of methoxy groups -OCH3 is 1. The van der Waals surface area contributed by atoms with E-state index in [1.54, 1.807) is 6.07 Å². The first-order chi connectivity index (χ1) is 8.61. The minimum absolute atomic E-state index is 0.253. The summed E-state index contributed by atoms with van der Waals surface area (Å²) in [6.07, 6.45) is 1.36. The molecule has 2 aromatic rings. The maximum absolute atomic E-state index is 5.92. The smallest absolute Gasteiger partial charge is 0.199 e. The Balaban J connectivity index is 2.34. The summed E-state index contributed by atoms with van der Waals surface area (Å²) in [5.74, 6) is 0.886. The molecule has 0 saturated heterocycles. The van der Waals surface area contributed by atoms with E-state index in [1.807, 2.05) is 12.1 Å². The highest BCUT2D eigenvalue weighted by Crippen LogP contribution is 2.32. The minimum Gasteiger partial charge on any atom is -0.490 e. The van der Waals surface area contributed by atoms with Gasteiger partial charge in [0, 0.05) is 10.2 Å². The summed E-state index contributed by atoms with van der Waals surface area (Å²) in [5, 5.41) is 3.97. The highest BCUT2D eigenvalue weighted by Gasteiger charge is 2.10. The van der Waals surface area contributed by atoms with E-state index in [0.29, 0.717) is 16.6 Å². The highest BCUT2D eigenvalue weighted by molar-refractivity contribution is 9.10. The number of rotatable bonds is 3. The van der Waals surface area contributed by atoms with E-state index in [9.17, 15) is 0 Å². The third kappa shape index (κ3) is 2.85. The van der Waals surface area contributed by atoms with Crippen molar-refractivity contribution < 1.29 is 4.74 Å². The monoisotopic (exact) mass is 347 g/mol. The maximum Gasteiger partial charge on any atom is 0.199 e. The second-order valence-corrected chi connectivity index (χ2v) is 4.92. The SMILES string of the molecule is COc1c(Cl)ncnc1Nc1ccc(Cl)c(Br)c1. The Morgan fingerprint density at radius 1 is 1.28 bits per heavy atom. The fourth-order valence-corrected chi connectivity index (χ4v) is 2.04. The van der Waals surface area contributed by atoms with Crippen LogP contribution in [-0.2, 0) is 0 Å². The van der Waals surface area contributed by atoms with Gasteiger partial charge in [0.05, 0.1) is 12.1 Å². The number of nitrogens with one attached hydrogen (secondary N) is 1. The molecule has 0 aliphatic rings. The molecule has 0 radical (unpaired) electrons. The largest absolute Gasteiger partial charge is 0.490 e. The normalized spacial score (nSPS) is 10.2. The van der Waals surface area contributed by atoms with Gasteiger partial charge in [-0.05, 0) is 34.1 Å². The van der Waals surface area contributed by atoms with Gasteiger partial charge in [-0.3, -0.25) is 0 Å².